The molecule has 0 unspecified atom stereocenters. The minimum atomic E-state index is 0.908. The Hall–Kier alpha value is -6.36. The van der Waals surface area contributed by atoms with Crippen molar-refractivity contribution < 1.29 is 4.42 Å². The first-order valence-electron chi connectivity index (χ1n) is 16.9. The predicted molar refractivity (Wildman–Crippen MR) is 213 cm³/mol. The van der Waals surface area contributed by atoms with E-state index in [1.807, 2.05) is 17.4 Å². The van der Waals surface area contributed by atoms with Crippen LogP contribution >= 0.6 is 11.3 Å². The molecular formula is C46H28N2OS. The highest BCUT2D eigenvalue weighted by atomic mass is 32.1. The molecule has 0 saturated carbocycles. The maximum absolute atomic E-state index is 6.56. The van der Waals surface area contributed by atoms with Crippen molar-refractivity contribution in [3.8, 4) is 5.69 Å². The van der Waals surface area contributed by atoms with E-state index in [0.29, 0.717) is 0 Å². The molecule has 11 rings (SSSR count). The lowest BCUT2D eigenvalue weighted by atomic mass is 10.0. The highest BCUT2D eigenvalue weighted by molar-refractivity contribution is 7.25. The van der Waals surface area contributed by atoms with E-state index in [9.17, 15) is 0 Å². The number of benzene rings is 8. The molecule has 0 aliphatic rings. The molecule has 50 heavy (non-hydrogen) atoms. The second-order valence-electron chi connectivity index (χ2n) is 12.9. The van der Waals surface area contributed by atoms with Crippen LogP contribution in [0.1, 0.15) is 0 Å². The summed E-state index contributed by atoms with van der Waals surface area (Å²) < 4.78 is 11.5. The van der Waals surface area contributed by atoms with Crippen LogP contribution in [0.3, 0.4) is 0 Å². The number of furan rings is 1. The van der Waals surface area contributed by atoms with Crippen molar-refractivity contribution in [2.45, 2.75) is 0 Å². The second kappa shape index (κ2) is 10.6. The van der Waals surface area contributed by atoms with E-state index in [1.165, 1.54) is 42.0 Å². The fourth-order valence-electron chi connectivity index (χ4n) is 8.02. The Morgan fingerprint density at radius 1 is 0.440 bits per heavy atom. The van der Waals surface area contributed by atoms with E-state index in [2.05, 4.69) is 173 Å². The van der Waals surface area contributed by atoms with Crippen LogP contribution in [0, 0.1) is 0 Å². The first kappa shape index (κ1) is 27.6. The Kier molecular flexibility index (Phi) is 5.83. The monoisotopic (exact) mass is 656 g/mol. The number of para-hydroxylation sites is 3. The molecule has 0 spiro atoms. The highest BCUT2D eigenvalue weighted by Crippen LogP contribution is 2.48. The van der Waals surface area contributed by atoms with Crippen LogP contribution in [-0.2, 0) is 0 Å². The van der Waals surface area contributed by atoms with Gasteiger partial charge in [0.2, 0.25) is 0 Å². The lowest BCUT2D eigenvalue weighted by Crippen LogP contribution is -2.11. The van der Waals surface area contributed by atoms with Gasteiger partial charge in [0.15, 0.2) is 0 Å². The Bertz CT molecular complexity index is 3110. The van der Waals surface area contributed by atoms with Gasteiger partial charge in [0.05, 0.1) is 22.4 Å². The van der Waals surface area contributed by atoms with E-state index in [1.54, 1.807) is 0 Å². The molecule has 0 amide bonds. The zero-order valence-corrected chi connectivity index (χ0v) is 27.7. The molecule has 0 aliphatic heterocycles. The van der Waals surface area contributed by atoms with E-state index < -0.39 is 0 Å². The first-order valence-corrected chi connectivity index (χ1v) is 17.8. The third kappa shape index (κ3) is 3.91. The summed E-state index contributed by atoms with van der Waals surface area (Å²) in [6, 6.07) is 61.3. The third-order valence-electron chi connectivity index (χ3n) is 10.2. The average molecular weight is 657 g/mol. The Morgan fingerprint density at radius 3 is 2.00 bits per heavy atom. The number of aromatic nitrogens is 1. The van der Waals surface area contributed by atoms with Gasteiger partial charge >= 0.3 is 0 Å². The van der Waals surface area contributed by atoms with Gasteiger partial charge in [-0.05, 0) is 66.7 Å². The quantitative estimate of drug-likeness (QED) is 0.188. The average Bonchev–Trinajstić information content (AvgIpc) is 3.85. The largest absolute Gasteiger partial charge is 0.455 e. The molecule has 0 atom stereocenters. The molecule has 0 fully saturated rings. The van der Waals surface area contributed by atoms with Crippen LogP contribution in [0.5, 0.6) is 0 Å². The normalized spacial score (nSPS) is 12.0. The summed E-state index contributed by atoms with van der Waals surface area (Å²) in [5.74, 6) is 0. The van der Waals surface area contributed by atoms with Crippen LogP contribution in [-0.4, -0.2) is 4.57 Å². The minimum Gasteiger partial charge on any atom is -0.455 e. The first-order chi connectivity index (χ1) is 24.8. The maximum Gasteiger partial charge on any atom is 0.143 e. The summed E-state index contributed by atoms with van der Waals surface area (Å²) >= 11 is 1.85. The molecule has 0 bridgehead atoms. The van der Waals surface area contributed by atoms with E-state index in [-0.39, 0.29) is 0 Å². The standard InChI is InChI=1S/C46H28N2OS/c1-2-12-29(13-3-1)47-39-18-7-4-16-37(39)45-40(47)20-11-21-41(45)48(30-24-25-34-33-15-6-9-23-43(33)50-44(34)28-30)38-19-10-17-35-31(38)26-27-36-32-14-5-8-22-42(32)49-46(35)36/h1-28H. The summed E-state index contributed by atoms with van der Waals surface area (Å²) in [6.45, 7) is 0. The van der Waals surface area contributed by atoms with Gasteiger partial charge in [0.1, 0.15) is 11.2 Å². The molecule has 3 aromatic heterocycles. The van der Waals surface area contributed by atoms with Crippen molar-refractivity contribution in [3.63, 3.8) is 0 Å². The molecule has 4 heteroatoms. The van der Waals surface area contributed by atoms with Crippen LogP contribution in [0.2, 0.25) is 0 Å². The summed E-state index contributed by atoms with van der Waals surface area (Å²) in [7, 11) is 0. The van der Waals surface area contributed by atoms with Gasteiger partial charge in [-0.25, -0.2) is 0 Å². The molecule has 0 saturated heterocycles. The van der Waals surface area contributed by atoms with Gasteiger partial charge in [0, 0.05) is 63.9 Å². The van der Waals surface area contributed by atoms with Crippen LogP contribution in [0.25, 0.3) is 80.4 Å². The van der Waals surface area contributed by atoms with E-state index in [4.69, 9.17) is 4.42 Å². The van der Waals surface area contributed by atoms with Gasteiger partial charge in [-0.3, -0.25) is 0 Å². The van der Waals surface area contributed by atoms with Crippen LogP contribution in [0.4, 0.5) is 17.1 Å². The zero-order valence-electron chi connectivity index (χ0n) is 26.9. The number of hydrogen-bond donors (Lipinski definition) is 0. The fraction of sp³-hybridized carbons (Fsp3) is 0. The number of fused-ring (bicyclic) bond motifs is 11. The van der Waals surface area contributed by atoms with Crippen molar-refractivity contribution in [3.05, 3.63) is 170 Å². The van der Waals surface area contributed by atoms with Crippen molar-refractivity contribution in [1.82, 2.24) is 4.57 Å². The zero-order chi connectivity index (χ0) is 32.8. The van der Waals surface area contributed by atoms with Crippen molar-refractivity contribution >= 4 is 103 Å². The molecule has 3 nitrogen and oxygen atoms in total. The third-order valence-corrected chi connectivity index (χ3v) is 11.3. The minimum absolute atomic E-state index is 0.908. The molecule has 0 aliphatic carbocycles. The topological polar surface area (TPSA) is 21.3 Å². The smallest absolute Gasteiger partial charge is 0.143 e. The molecule has 234 valence electrons. The van der Waals surface area contributed by atoms with Crippen molar-refractivity contribution in [2.75, 3.05) is 4.90 Å². The van der Waals surface area contributed by atoms with Crippen molar-refractivity contribution in [2.24, 2.45) is 0 Å². The maximum atomic E-state index is 6.56. The van der Waals surface area contributed by atoms with Gasteiger partial charge in [-0.1, -0.05) is 103 Å². The number of anilines is 3. The molecule has 3 heterocycles. The van der Waals surface area contributed by atoms with E-state index in [0.717, 1.165) is 55.5 Å². The van der Waals surface area contributed by atoms with Crippen molar-refractivity contribution in [1.29, 1.82) is 0 Å². The Labute approximate surface area is 291 Å². The van der Waals surface area contributed by atoms with Gasteiger partial charge in [-0.2, -0.15) is 0 Å². The molecule has 0 N–H and O–H groups in total. The summed E-state index contributed by atoms with van der Waals surface area (Å²) in [5.41, 5.74) is 8.68. The van der Waals surface area contributed by atoms with Gasteiger partial charge < -0.3 is 13.9 Å². The predicted octanol–water partition coefficient (Wildman–Crippen LogP) is 13.7. The molecule has 0 radical (unpaired) electrons. The summed E-state index contributed by atoms with van der Waals surface area (Å²) in [5, 5.41) is 9.53. The number of rotatable bonds is 4. The van der Waals surface area contributed by atoms with Crippen LogP contribution < -0.4 is 4.90 Å². The molecule has 8 aromatic carbocycles. The molecular weight excluding hydrogens is 629 g/mol. The summed E-state index contributed by atoms with van der Waals surface area (Å²) in [6.07, 6.45) is 0. The number of hydrogen-bond acceptors (Lipinski definition) is 3. The lowest BCUT2D eigenvalue weighted by Gasteiger charge is -2.28. The second-order valence-corrected chi connectivity index (χ2v) is 14.0. The van der Waals surface area contributed by atoms with Gasteiger partial charge in [-0.15, -0.1) is 11.3 Å². The fourth-order valence-corrected chi connectivity index (χ4v) is 9.16. The number of thiophene rings is 1. The Balaban J connectivity index is 1.25. The lowest BCUT2D eigenvalue weighted by molar-refractivity contribution is 0.672. The highest BCUT2D eigenvalue weighted by Gasteiger charge is 2.23. The molecule has 11 aromatic rings. The SMILES string of the molecule is c1ccc(-n2c3ccccc3c3c(N(c4ccc5c(c4)sc4ccccc45)c4cccc5c4ccc4c6ccccc6oc54)cccc32)cc1. The summed E-state index contributed by atoms with van der Waals surface area (Å²) in [4.78, 5) is 2.46. The Morgan fingerprint density at radius 2 is 1.08 bits per heavy atom. The van der Waals surface area contributed by atoms with Crippen LogP contribution in [0.15, 0.2) is 174 Å². The number of nitrogens with zero attached hydrogens (tertiary/aromatic N) is 2. The van der Waals surface area contributed by atoms with Gasteiger partial charge in [0.25, 0.3) is 0 Å². The van der Waals surface area contributed by atoms with E-state index >= 15 is 0 Å².